The van der Waals surface area contributed by atoms with Gasteiger partial charge in [0, 0.05) is 17.3 Å². The monoisotopic (exact) mass is 385 g/mol. The van der Waals surface area contributed by atoms with E-state index < -0.39 is 6.04 Å². The second-order valence-corrected chi connectivity index (χ2v) is 7.41. The van der Waals surface area contributed by atoms with Gasteiger partial charge in [0.05, 0.1) is 5.92 Å². The number of carbonyl (C=O) groups excluding carboxylic acids is 2. The topological polar surface area (TPSA) is 75.4 Å². The van der Waals surface area contributed by atoms with Gasteiger partial charge >= 0.3 is 0 Å². The van der Waals surface area contributed by atoms with Crippen LogP contribution in [0.2, 0.25) is 5.02 Å². The maximum atomic E-state index is 13.2. The molecular weight excluding hydrogens is 362 g/mol. The Morgan fingerprint density at radius 3 is 2.63 bits per heavy atom. The van der Waals surface area contributed by atoms with E-state index in [1.807, 2.05) is 54.3 Å². The zero-order valence-electron chi connectivity index (χ0n) is 15.3. The minimum absolute atomic E-state index is 0.147. The number of benzene rings is 2. The highest BCUT2D eigenvalue weighted by atomic mass is 35.5. The highest BCUT2D eigenvalue weighted by molar-refractivity contribution is 6.31. The van der Waals surface area contributed by atoms with Crippen LogP contribution in [0.15, 0.2) is 48.5 Å². The quantitative estimate of drug-likeness (QED) is 0.826. The fourth-order valence-corrected chi connectivity index (χ4v) is 3.70. The van der Waals surface area contributed by atoms with Crippen molar-refractivity contribution in [3.05, 3.63) is 64.7 Å². The SMILES string of the molecule is Cc1ccc(NC(=O)[C@@H](c2ccccc2)N2CCC[C@H](C(N)=O)C2)cc1Cl. The number of likely N-dealkylation sites (tertiary alicyclic amines) is 1. The summed E-state index contributed by atoms with van der Waals surface area (Å²) in [4.78, 5) is 26.9. The van der Waals surface area contributed by atoms with E-state index in [-0.39, 0.29) is 17.7 Å². The molecule has 0 radical (unpaired) electrons. The Kier molecular flexibility index (Phi) is 6.14. The lowest BCUT2D eigenvalue weighted by Gasteiger charge is -2.36. The van der Waals surface area contributed by atoms with Crippen molar-refractivity contribution in [2.75, 3.05) is 18.4 Å². The van der Waals surface area contributed by atoms with Crippen LogP contribution in [0.1, 0.15) is 30.0 Å². The molecule has 1 aliphatic heterocycles. The fourth-order valence-electron chi connectivity index (χ4n) is 3.52. The molecule has 5 nitrogen and oxygen atoms in total. The first-order valence-electron chi connectivity index (χ1n) is 9.11. The molecular formula is C21H24ClN3O2. The number of amides is 2. The van der Waals surface area contributed by atoms with Gasteiger partial charge in [-0.3, -0.25) is 14.5 Å². The van der Waals surface area contributed by atoms with Crippen LogP contribution in [0.25, 0.3) is 0 Å². The van der Waals surface area contributed by atoms with Crippen LogP contribution >= 0.6 is 11.6 Å². The predicted octanol–water partition coefficient (Wildman–Crippen LogP) is 3.53. The molecule has 0 aromatic heterocycles. The number of rotatable bonds is 5. The van der Waals surface area contributed by atoms with E-state index in [1.165, 1.54) is 0 Å². The molecule has 2 amide bonds. The summed E-state index contributed by atoms with van der Waals surface area (Å²) in [6.45, 7) is 3.14. The zero-order valence-corrected chi connectivity index (χ0v) is 16.1. The number of hydrogen-bond acceptors (Lipinski definition) is 3. The summed E-state index contributed by atoms with van der Waals surface area (Å²) < 4.78 is 0. The zero-order chi connectivity index (χ0) is 19.4. The standard InChI is InChI=1S/C21H24ClN3O2/c1-14-9-10-17(12-18(14)22)24-21(27)19(15-6-3-2-4-7-15)25-11-5-8-16(13-25)20(23)26/h2-4,6-7,9-10,12,16,19H,5,8,11,13H2,1H3,(H2,23,26)(H,24,27)/t16-,19+/m0/s1. The number of nitrogens with zero attached hydrogens (tertiary/aromatic N) is 1. The maximum absolute atomic E-state index is 13.2. The Morgan fingerprint density at radius 2 is 1.96 bits per heavy atom. The van der Waals surface area contributed by atoms with Gasteiger partial charge in [-0.05, 0) is 49.6 Å². The highest BCUT2D eigenvalue weighted by Crippen LogP contribution is 2.29. The molecule has 0 saturated carbocycles. The van der Waals surface area contributed by atoms with Gasteiger partial charge in [0.25, 0.3) is 0 Å². The average molecular weight is 386 g/mol. The van der Waals surface area contributed by atoms with Gasteiger partial charge in [-0.2, -0.15) is 0 Å². The van der Waals surface area contributed by atoms with Crippen LogP contribution in [0.4, 0.5) is 5.69 Å². The molecule has 1 saturated heterocycles. The molecule has 1 heterocycles. The van der Waals surface area contributed by atoms with Crippen LogP contribution in [0, 0.1) is 12.8 Å². The molecule has 2 aromatic carbocycles. The van der Waals surface area contributed by atoms with Crippen molar-refractivity contribution < 1.29 is 9.59 Å². The molecule has 0 bridgehead atoms. The molecule has 3 N–H and O–H groups in total. The van der Waals surface area contributed by atoms with Crippen LogP contribution in [0.3, 0.4) is 0 Å². The Morgan fingerprint density at radius 1 is 1.22 bits per heavy atom. The van der Waals surface area contributed by atoms with Crippen LogP contribution < -0.4 is 11.1 Å². The van der Waals surface area contributed by atoms with Gasteiger partial charge in [0.1, 0.15) is 6.04 Å². The number of aryl methyl sites for hydroxylation is 1. The van der Waals surface area contributed by atoms with Gasteiger partial charge < -0.3 is 11.1 Å². The second kappa shape index (κ2) is 8.55. The number of halogens is 1. The summed E-state index contributed by atoms with van der Waals surface area (Å²) in [5, 5.41) is 3.58. The van der Waals surface area contributed by atoms with E-state index in [2.05, 4.69) is 5.32 Å². The summed E-state index contributed by atoms with van der Waals surface area (Å²) in [5.41, 5.74) is 8.01. The first-order valence-corrected chi connectivity index (χ1v) is 9.49. The molecule has 27 heavy (non-hydrogen) atoms. The van der Waals surface area contributed by atoms with Gasteiger partial charge in [0.15, 0.2) is 0 Å². The molecule has 1 fully saturated rings. The van der Waals surface area contributed by atoms with Crippen LogP contribution in [-0.4, -0.2) is 29.8 Å². The molecule has 142 valence electrons. The highest BCUT2D eigenvalue weighted by Gasteiger charge is 2.33. The smallest absolute Gasteiger partial charge is 0.246 e. The number of nitrogens with one attached hydrogen (secondary N) is 1. The summed E-state index contributed by atoms with van der Waals surface area (Å²) in [6.07, 6.45) is 1.60. The molecule has 0 aliphatic carbocycles. The fraction of sp³-hybridized carbons (Fsp3) is 0.333. The lowest BCUT2D eigenvalue weighted by atomic mass is 9.94. The van der Waals surface area contributed by atoms with E-state index in [0.717, 1.165) is 30.5 Å². The lowest BCUT2D eigenvalue weighted by Crippen LogP contribution is -2.46. The third-order valence-corrected chi connectivity index (χ3v) is 5.43. The molecule has 2 atom stereocenters. The predicted molar refractivity (Wildman–Crippen MR) is 107 cm³/mol. The minimum atomic E-state index is -0.492. The molecule has 0 spiro atoms. The summed E-state index contributed by atoms with van der Waals surface area (Å²) >= 11 is 6.18. The molecule has 0 unspecified atom stereocenters. The lowest BCUT2D eigenvalue weighted by molar-refractivity contribution is -0.127. The van der Waals surface area contributed by atoms with E-state index in [9.17, 15) is 9.59 Å². The van der Waals surface area contributed by atoms with Crippen molar-refractivity contribution in [1.82, 2.24) is 4.90 Å². The first kappa shape index (κ1) is 19.4. The largest absolute Gasteiger partial charge is 0.369 e. The van der Waals surface area contributed by atoms with E-state index >= 15 is 0 Å². The van der Waals surface area contributed by atoms with Crippen molar-refractivity contribution in [1.29, 1.82) is 0 Å². The van der Waals surface area contributed by atoms with Gasteiger partial charge in [-0.15, -0.1) is 0 Å². The van der Waals surface area contributed by atoms with Crippen molar-refractivity contribution in [2.45, 2.75) is 25.8 Å². The van der Waals surface area contributed by atoms with Crippen molar-refractivity contribution >= 4 is 29.1 Å². The minimum Gasteiger partial charge on any atom is -0.369 e. The maximum Gasteiger partial charge on any atom is 0.246 e. The Bertz CT molecular complexity index is 825. The summed E-state index contributed by atoms with van der Waals surface area (Å²) in [6, 6.07) is 14.6. The number of nitrogens with two attached hydrogens (primary N) is 1. The summed E-state index contributed by atoms with van der Waals surface area (Å²) in [7, 11) is 0. The number of anilines is 1. The molecule has 3 rings (SSSR count). The van der Waals surface area contributed by atoms with Crippen molar-refractivity contribution in [3.63, 3.8) is 0 Å². The first-order chi connectivity index (χ1) is 13.0. The number of piperidine rings is 1. The third-order valence-electron chi connectivity index (χ3n) is 5.02. The molecule has 1 aliphatic rings. The molecule has 2 aromatic rings. The van der Waals surface area contributed by atoms with Crippen LogP contribution in [-0.2, 0) is 9.59 Å². The summed E-state index contributed by atoms with van der Waals surface area (Å²) in [5.74, 6) is -0.685. The van der Waals surface area contributed by atoms with Gasteiger partial charge in [-0.25, -0.2) is 0 Å². The van der Waals surface area contributed by atoms with Crippen molar-refractivity contribution in [3.8, 4) is 0 Å². The van der Waals surface area contributed by atoms with Gasteiger partial charge in [0.2, 0.25) is 11.8 Å². The second-order valence-electron chi connectivity index (χ2n) is 7.00. The average Bonchev–Trinajstić information content (AvgIpc) is 2.66. The Hall–Kier alpha value is -2.37. The van der Waals surface area contributed by atoms with E-state index in [1.54, 1.807) is 6.07 Å². The third kappa shape index (κ3) is 4.67. The van der Waals surface area contributed by atoms with Crippen LogP contribution in [0.5, 0.6) is 0 Å². The number of carbonyl (C=O) groups is 2. The number of hydrogen-bond donors (Lipinski definition) is 2. The van der Waals surface area contributed by atoms with E-state index in [0.29, 0.717) is 17.3 Å². The Labute approximate surface area is 164 Å². The Balaban J connectivity index is 1.86. The van der Waals surface area contributed by atoms with E-state index in [4.69, 9.17) is 17.3 Å². The normalized spacial score (nSPS) is 18.7. The number of primary amides is 1. The van der Waals surface area contributed by atoms with Crippen molar-refractivity contribution in [2.24, 2.45) is 11.7 Å². The van der Waals surface area contributed by atoms with Gasteiger partial charge in [-0.1, -0.05) is 48.0 Å². The molecule has 6 heteroatoms.